The van der Waals surface area contributed by atoms with Gasteiger partial charge < -0.3 is 14.2 Å². The zero-order chi connectivity index (χ0) is 23.4. The Labute approximate surface area is 195 Å². The van der Waals surface area contributed by atoms with Crippen LogP contribution in [0.4, 0.5) is 0 Å². The summed E-state index contributed by atoms with van der Waals surface area (Å²) in [5.74, 6) is 0.316. The number of hydrogen-bond acceptors (Lipinski definition) is 5. The van der Waals surface area contributed by atoms with Gasteiger partial charge in [-0.1, -0.05) is 91.0 Å². The Balaban J connectivity index is 2.74. The summed E-state index contributed by atoms with van der Waals surface area (Å²) in [7, 11) is 0. The summed E-state index contributed by atoms with van der Waals surface area (Å²) in [5, 5.41) is 0. The van der Waals surface area contributed by atoms with E-state index in [2.05, 4.69) is 20.8 Å². The zero-order valence-electron chi connectivity index (χ0n) is 20.6. The van der Waals surface area contributed by atoms with Gasteiger partial charge in [-0.05, 0) is 31.4 Å². The summed E-state index contributed by atoms with van der Waals surface area (Å²) in [6.45, 7) is 7.00. The summed E-state index contributed by atoms with van der Waals surface area (Å²) in [6, 6.07) is 5.19. The number of benzene rings is 1. The van der Waals surface area contributed by atoms with Crippen molar-refractivity contribution in [3.05, 3.63) is 18.2 Å². The van der Waals surface area contributed by atoms with Crippen LogP contribution in [-0.2, 0) is 9.59 Å². The Morgan fingerprint density at radius 3 is 1.72 bits per heavy atom. The molecule has 0 aliphatic carbocycles. The standard InChI is InChI=1S/C27H44O5/c1-4-7-10-12-14-20-25(28)31-24-19-17-18-23(30-22-16-9-6-3)27(24)32-26(29)21-15-13-11-8-5-2/h17-19H,4-16,20-22H2,1-3H3. The number of unbranched alkanes of at least 4 members (excludes halogenated alkanes) is 10. The molecule has 0 saturated heterocycles. The van der Waals surface area contributed by atoms with Gasteiger partial charge in [0, 0.05) is 12.8 Å². The molecule has 0 bridgehead atoms. The van der Waals surface area contributed by atoms with Crippen LogP contribution < -0.4 is 14.2 Å². The normalized spacial score (nSPS) is 10.7. The number of esters is 2. The molecule has 5 nitrogen and oxygen atoms in total. The topological polar surface area (TPSA) is 61.8 Å². The highest BCUT2D eigenvalue weighted by atomic mass is 16.6. The molecule has 0 radical (unpaired) electrons. The van der Waals surface area contributed by atoms with Crippen LogP contribution in [0.2, 0.25) is 0 Å². The van der Waals surface area contributed by atoms with Gasteiger partial charge in [-0.3, -0.25) is 9.59 Å². The number of para-hydroxylation sites is 1. The van der Waals surface area contributed by atoms with E-state index in [1.54, 1.807) is 18.2 Å². The molecule has 0 amide bonds. The van der Waals surface area contributed by atoms with E-state index >= 15 is 0 Å². The first kappa shape index (κ1) is 28.0. The first-order valence-corrected chi connectivity index (χ1v) is 12.8. The van der Waals surface area contributed by atoms with Gasteiger partial charge in [0.15, 0.2) is 11.5 Å². The Kier molecular flexibility index (Phi) is 16.2. The lowest BCUT2D eigenvalue weighted by Crippen LogP contribution is -2.13. The molecule has 5 heteroatoms. The zero-order valence-corrected chi connectivity index (χ0v) is 20.6. The molecule has 1 aromatic rings. The van der Waals surface area contributed by atoms with Crippen LogP contribution in [-0.4, -0.2) is 18.5 Å². The van der Waals surface area contributed by atoms with E-state index in [9.17, 15) is 9.59 Å². The van der Waals surface area contributed by atoms with Crippen LogP contribution in [0.25, 0.3) is 0 Å². The predicted molar refractivity (Wildman–Crippen MR) is 129 cm³/mol. The highest BCUT2D eigenvalue weighted by molar-refractivity contribution is 5.77. The third kappa shape index (κ3) is 12.7. The first-order valence-electron chi connectivity index (χ1n) is 12.8. The maximum atomic E-state index is 12.5. The Hall–Kier alpha value is -2.04. The van der Waals surface area contributed by atoms with E-state index in [4.69, 9.17) is 14.2 Å². The Morgan fingerprint density at radius 2 is 1.12 bits per heavy atom. The predicted octanol–water partition coefficient (Wildman–Crippen LogP) is 7.79. The van der Waals surface area contributed by atoms with Crippen molar-refractivity contribution in [3.8, 4) is 17.2 Å². The molecule has 0 fully saturated rings. The van der Waals surface area contributed by atoms with Crippen LogP contribution in [0.5, 0.6) is 17.2 Å². The van der Waals surface area contributed by atoms with Crippen LogP contribution in [0.1, 0.15) is 117 Å². The summed E-state index contributed by atoms with van der Waals surface area (Å²) in [4.78, 5) is 24.8. The van der Waals surface area contributed by atoms with Crippen molar-refractivity contribution in [2.24, 2.45) is 0 Å². The molecule has 0 aromatic heterocycles. The smallest absolute Gasteiger partial charge is 0.311 e. The molecule has 0 heterocycles. The minimum Gasteiger partial charge on any atom is -0.490 e. The fourth-order valence-electron chi connectivity index (χ4n) is 3.41. The number of ether oxygens (including phenoxy) is 3. The highest BCUT2D eigenvalue weighted by Gasteiger charge is 2.19. The van der Waals surface area contributed by atoms with E-state index in [-0.39, 0.29) is 23.4 Å². The molecule has 0 atom stereocenters. The van der Waals surface area contributed by atoms with Gasteiger partial charge >= 0.3 is 11.9 Å². The highest BCUT2D eigenvalue weighted by Crippen LogP contribution is 2.38. The molecule has 0 aliphatic rings. The van der Waals surface area contributed by atoms with Crippen molar-refractivity contribution >= 4 is 11.9 Å². The van der Waals surface area contributed by atoms with Crippen molar-refractivity contribution in [2.75, 3.05) is 6.61 Å². The van der Waals surface area contributed by atoms with Crippen LogP contribution in [0.15, 0.2) is 18.2 Å². The molecule has 1 aromatic carbocycles. The molecule has 182 valence electrons. The second-order valence-corrected chi connectivity index (χ2v) is 8.42. The third-order valence-electron chi connectivity index (χ3n) is 5.36. The summed E-state index contributed by atoms with van der Waals surface area (Å²) >= 11 is 0. The van der Waals surface area contributed by atoms with Gasteiger partial charge in [0.05, 0.1) is 6.61 Å². The molecule has 0 N–H and O–H groups in total. The van der Waals surface area contributed by atoms with Gasteiger partial charge in [-0.15, -0.1) is 0 Å². The van der Waals surface area contributed by atoms with E-state index < -0.39 is 0 Å². The second kappa shape index (κ2) is 18.5. The van der Waals surface area contributed by atoms with Gasteiger partial charge in [0.2, 0.25) is 5.75 Å². The monoisotopic (exact) mass is 448 g/mol. The number of carbonyl (C=O) groups is 2. The average molecular weight is 449 g/mol. The average Bonchev–Trinajstić information content (AvgIpc) is 2.78. The van der Waals surface area contributed by atoms with E-state index in [0.29, 0.717) is 25.2 Å². The molecule has 32 heavy (non-hydrogen) atoms. The van der Waals surface area contributed by atoms with Gasteiger partial charge in [-0.25, -0.2) is 0 Å². The van der Waals surface area contributed by atoms with Gasteiger partial charge in [-0.2, -0.15) is 0 Å². The third-order valence-corrected chi connectivity index (χ3v) is 5.36. The molecule has 0 spiro atoms. The van der Waals surface area contributed by atoms with E-state index in [0.717, 1.165) is 57.8 Å². The molecule has 0 unspecified atom stereocenters. The quantitative estimate of drug-likeness (QED) is 0.123. The van der Waals surface area contributed by atoms with Crippen molar-refractivity contribution < 1.29 is 23.8 Å². The molecule has 1 rings (SSSR count). The maximum Gasteiger partial charge on any atom is 0.311 e. The van der Waals surface area contributed by atoms with Crippen LogP contribution >= 0.6 is 0 Å². The van der Waals surface area contributed by atoms with Crippen LogP contribution in [0, 0.1) is 0 Å². The molecule has 0 saturated carbocycles. The molecule has 0 aliphatic heterocycles. The van der Waals surface area contributed by atoms with Crippen molar-refractivity contribution in [1.29, 1.82) is 0 Å². The fourth-order valence-corrected chi connectivity index (χ4v) is 3.41. The fraction of sp³-hybridized carbons (Fsp3) is 0.704. The van der Waals surface area contributed by atoms with Gasteiger partial charge in [0.25, 0.3) is 0 Å². The maximum absolute atomic E-state index is 12.5. The largest absolute Gasteiger partial charge is 0.490 e. The van der Waals surface area contributed by atoms with Crippen molar-refractivity contribution in [3.63, 3.8) is 0 Å². The van der Waals surface area contributed by atoms with E-state index in [1.165, 1.54) is 25.7 Å². The Bertz CT molecular complexity index is 641. The minimum atomic E-state index is -0.317. The summed E-state index contributed by atoms with van der Waals surface area (Å²) in [6.07, 6.45) is 14.4. The van der Waals surface area contributed by atoms with Crippen molar-refractivity contribution in [1.82, 2.24) is 0 Å². The summed E-state index contributed by atoms with van der Waals surface area (Å²) < 4.78 is 17.1. The number of rotatable bonds is 19. The summed E-state index contributed by atoms with van der Waals surface area (Å²) in [5.41, 5.74) is 0. The lowest BCUT2D eigenvalue weighted by molar-refractivity contribution is -0.137. The molecular weight excluding hydrogens is 404 g/mol. The second-order valence-electron chi connectivity index (χ2n) is 8.42. The lowest BCUT2D eigenvalue weighted by atomic mass is 10.1. The Morgan fingerprint density at radius 1 is 0.625 bits per heavy atom. The van der Waals surface area contributed by atoms with Gasteiger partial charge in [0.1, 0.15) is 0 Å². The number of carbonyl (C=O) groups excluding carboxylic acids is 2. The molecular formula is C27H44O5. The SMILES string of the molecule is CCCCCCCC(=O)Oc1cccc(OCCCCC)c1OC(=O)CCCCCCC. The van der Waals surface area contributed by atoms with Crippen LogP contribution in [0.3, 0.4) is 0 Å². The lowest BCUT2D eigenvalue weighted by Gasteiger charge is -2.15. The van der Waals surface area contributed by atoms with E-state index in [1.807, 2.05) is 0 Å². The first-order chi connectivity index (χ1) is 15.6. The minimum absolute atomic E-state index is 0.224. The van der Waals surface area contributed by atoms with Crippen molar-refractivity contribution in [2.45, 2.75) is 117 Å². The number of hydrogen-bond donors (Lipinski definition) is 0.